The molecule has 0 unspecified atom stereocenters. The molecule has 0 saturated carbocycles. The molecule has 0 aliphatic carbocycles. The topological polar surface area (TPSA) is 44.8 Å². The molecule has 0 bridgehead atoms. The summed E-state index contributed by atoms with van der Waals surface area (Å²) in [7, 11) is 0. The monoisotopic (exact) mass is 355 g/mol. The predicted molar refractivity (Wildman–Crippen MR) is 96.4 cm³/mol. The molecule has 1 rings (SSSR count). The number of unbranched alkanes of at least 4 members (excludes halogenated alkanes) is 2. The lowest BCUT2D eigenvalue weighted by Gasteiger charge is -2.06. The van der Waals surface area contributed by atoms with E-state index < -0.39 is 0 Å². The Morgan fingerprint density at radius 3 is 2.00 bits per heavy atom. The van der Waals surface area contributed by atoms with Gasteiger partial charge in [-0.05, 0) is 44.6 Å². The summed E-state index contributed by atoms with van der Waals surface area (Å²) in [4.78, 5) is 11.2. The van der Waals surface area contributed by atoms with E-state index in [1.165, 1.54) is 11.6 Å². The average Bonchev–Trinajstić information content (AvgIpc) is 2.59. The lowest BCUT2D eigenvalue weighted by atomic mass is 10.1. The van der Waals surface area contributed by atoms with Crippen molar-refractivity contribution >= 4 is 17.4 Å². The van der Waals surface area contributed by atoms with Gasteiger partial charge in [-0.15, -0.1) is 0 Å². The Balaban J connectivity index is 1.87. The molecule has 0 aliphatic rings. The van der Waals surface area contributed by atoms with Crippen molar-refractivity contribution in [3.05, 3.63) is 41.5 Å². The van der Waals surface area contributed by atoms with Gasteiger partial charge < -0.3 is 9.47 Å². The third-order valence-corrected chi connectivity index (χ3v) is 3.71. The van der Waals surface area contributed by atoms with Gasteiger partial charge in [-0.1, -0.05) is 24.3 Å². The molecule has 0 saturated heterocycles. The molecule has 134 valence electrons. The Morgan fingerprint density at radius 1 is 0.917 bits per heavy atom. The molecule has 1 aromatic carbocycles. The molecule has 5 heteroatoms. The zero-order valence-electron chi connectivity index (χ0n) is 14.5. The van der Waals surface area contributed by atoms with Crippen LogP contribution < -0.4 is 0 Å². The minimum Gasteiger partial charge on any atom is -0.381 e. The molecular formula is C19H28ClO4+. The SMILES string of the molecule is CC(=O)c1ccc(CCOCCCCOCCCCO[CH+]Cl)cc1. The van der Waals surface area contributed by atoms with Crippen LogP contribution in [0.25, 0.3) is 0 Å². The van der Waals surface area contributed by atoms with Crippen LogP contribution in [0.1, 0.15) is 48.5 Å². The average molecular weight is 356 g/mol. The summed E-state index contributed by atoms with van der Waals surface area (Å²) in [6.07, 6.45) is 4.84. The zero-order chi connectivity index (χ0) is 17.5. The summed E-state index contributed by atoms with van der Waals surface area (Å²) >= 11 is 5.28. The van der Waals surface area contributed by atoms with Crippen LogP contribution in [0.4, 0.5) is 0 Å². The summed E-state index contributed by atoms with van der Waals surface area (Å²) < 4.78 is 16.1. The second-order valence-electron chi connectivity index (χ2n) is 5.60. The highest BCUT2D eigenvalue weighted by molar-refractivity contribution is 6.22. The first-order valence-corrected chi connectivity index (χ1v) is 8.96. The van der Waals surface area contributed by atoms with Crippen molar-refractivity contribution in [3.63, 3.8) is 0 Å². The third kappa shape index (κ3) is 10.7. The van der Waals surface area contributed by atoms with E-state index in [-0.39, 0.29) is 5.78 Å². The van der Waals surface area contributed by atoms with Gasteiger partial charge in [-0.3, -0.25) is 4.79 Å². The highest BCUT2D eigenvalue weighted by Crippen LogP contribution is 2.06. The molecule has 24 heavy (non-hydrogen) atoms. The van der Waals surface area contributed by atoms with E-state index in [0.29, 0.717) is 13.2 Å². The molecule has 0 atom stereocenters. The highest BCUT2D eigenvalue weighted by Gasteiger charge is 1.99. The van der Waals surface area contributed by atoms with E-state index in [4.69, 9.17) is 25.8 Å². The van der Waals surface area contributed by atoms with Crippen LogP contribution in [0, 0.1) is 6.07 Å². The maximum Gasteiger partial charge on any atom is 0.335 e. The lowest BCUT2D eigenvalue weighted by Crippen LogP contribution is -2.03. The smallest absolute Gasteiger partial charge is 0.335 e. The largest absolute Gasteiger partial charge is 0.381 e. The fourth-order valence-electron chi connectivity index (χ4n) is 2.14. The Morgan fingerprint density at radius 2 is 1.46 bits per heavy atom. The Bertz CT molecular complexity index is 433. The van der Waals surface area contributed by atoms with Crippen molar-refractivity contribution < 1.29 is 19.0 Å². The number of ether oxygens (including phenoxy) is 3. The number of carbonyl (C=O) groups is 1. The van der Waals surface area contributed by atoms with E-state index in [1.54, 1.807) is 6.92 Å². The van der Waals surface area contributed by atoms with Crippen LogP contribution in [0.15, 0.2) is 24.3 Å². The van der Waals surface area contributed by atoms with E-state index in [9.17, 15) is 4.79 Å². The number of rotatable bonds is 15. The van der Waals surface area contributed by atoms with E-state index >= 15 is 0 Å². The number of hydrogen-bond acceptors (Lipinski definition) is 4. The second kappa shape index (κ2) is 14.3. The van der Waals surface area contributed by atoms with Crippen molar-refractivity contribution in [2.75, 3.05) is 33.0 Å². The molecule has 0 amide bonds. The fraction of sp³-hybridized carbons (Fsp3) is 0.579. The minimum absolute atomic E-state index is 0.0992. The first-order valence-electron chi connectivity index (χ1n) is 8.53. The first kappa shape index (κ1) is 21.0. The number of ketones is 1. The van der Waals surface area contributed by atoms with Crippen LogP contribution in [0.5, 0.6) is 0 Å². The van der Waals surface area contributed by atoms with Crippen molar-refractivity contribution in [1.82, 2.24) is 0 Å². The maximum atomic E-state index is 11.2. The molecule has 0 heterocycles. The van der Waals surface area contributed by atoms with Crippen LogP contribution in [-0.4, -0.2) is 38.8 Å². The first-order chi connectivity index (χ1) is 11.7. The van der Waals surface area contributed by atoms with Crippen molar-refractivity contribution in [1.29, 1.82) is 0 Å². The molecule has 1 aromatic rings. The van der Waals surface area contributed by atoms with Crippen LogP contribution in [0.2, 0.25) is 0 Å². The Hall–Kier alpha value is -1.07. The Labute approximate surface area is 150 Å². The van der Waals surface area contributed by atoms with Crippen LogP contribution in [-0.2, 0) is 20.6 Å². The van der Waals surface area contributed by atoms with E-state index in [1.807, 2.05) is 24.3 Å². The van der Waals surface area contributed by atoms with Gasteiger partial charge in [-0.2, -0.15) is 4.74 Å². The number of carbonyl (C=O) groups excluding carboxylic acids is 1. The minimum atomic E-state index is 0.0992. The summed E-state index contributed by atoms with van der Waals surface area (Å²) in [5.74, 6) is 0.0992. The molecular weight excluding hydrogens is 328 g/mol. The fourth-order valence-corrected chi connectivity index (χ4v) is 2.23. The van der Waals surface area contributed by atoms with Gasteiger partial charge in [-0.25, -0.2) is 0 Å². The van der Waals surface area contributed by atoms with Gasteiger partial charge in [0.1, 0.15) is 6.61 Å². The Kier molecular flexibility index (Phi) is 12.5. The van der Waals surface area contributed by atoms with Gasteiger partial charge in [0.2, 0.25) is 0 Å². The molecule has 0 spiro atoms. The number of Topliss-reactive ketones (excluding diaryl/α,β-unsaturated/α-hetero) is 1. The third-order valence-electron chi connectivity index (χ3n) is 3.59. The van der Waals surface area contributed by atoms with Crippen molar-refractivity contribution in [2.45, 2.75) is 39.0 Å². The molecule has 0 aliphatic heterocycles. The summed E-state index contributed by atoms with van der Waals surface area (Å²) in [5.41, 5.74) is 1.95. The van der Waals surface area contributed by atoms with Crippen molar-refractivity contribution in [3.8, 4) is 0 Å². The lowest BCUT2D eigenvalue weighted by molar-refractivity contribution is 0.0989. The zero-order valence-corrected chi connectivity index (χ0v) is 15.2. The van der Waals surface area contributed by atoms with Gasteiger partial charge in [0.15, 0.2) is 17.4 Å². The summed E-state index contributed by atoms with van der Waals surface area (Å²) in [6.45, 7) is 5.24. The quantitative estimate of drug-likeness (QED) is 0.266. The summed E-state index contributed by atoms with van der Waals surface area (Å²) in [5, 5.41) is 0. The number of hydrogen-bond donors (Lipinski definition) is 0. The standard InChI is InChI=1S/C19H28ClO4/c1-17(21)19-8-6-18(7-9-19)10-15-23-13-3-2-11-22-12-4-5-14-24-16-20/h6-9,16H,2-5,10-15H2,1H3/q+1. The number of benzene rings is 1. The van der Waals surface area contributed by atoms with Crippen LogP contribution >= 0.6 is 11.6 Å². The van der Waals surface area contributed by atoms with E-state index in [0.717, 1.165) is 57.5 Å². The van der Waals surface area contributed by atoms with Gasteiger partial charge >= 0.3 is 6.07 Å². The number of halogens is 1. The van der Waals surface area contributed by atoms with Gasteiger partial charge in [0, 0.05) is 25.4 Å². The predicted octanol–water partition coefficient (Wildman–Crippen LogP) is 4.40. The van der Waals surface area contributed by atoms with E-state index in [2.05, 4.69) is 0 Å². The molecule has 0 aromatic heterocycles. The molecule has 4 nitrogen and oxygen atoms in total. The highest BCUT2D eigenvalue weighted by atomic mass is 35.5. The molecule has 0 fully saturated rings. The van der Waals surface area contributed by atoms with Gasteiger partial charge in [0.05, 0.1) is 6.61 Å². The van der Waals surface area contributed by atoms with Gasteiger partial charge in [0.25, 0.3) is 0 Å². The second-order valence-corrected chi connectivity index (χ2v) is 5.78. The normalized spacial score (nSPS) is 10.8. The van der Waals surface area contributed by atoms with Crippen molar-refractivity contribution in [2.24, 2.45) is 0 Å². The van der Waals surface area contributed by atoms with Crippen LogP contribution in [0.3, 0.4) is 0 Å². The molecule has 0 radical (unpaired) electrons. The molecule has 0 N–H and O–H groups in total. The maximum absolute atomic E-state index is 11.2. The summed E-state index contributed by atoms with van der Waals surface area (Å²) in [6, 6.07) is 8.92.